The summed E-state index contributed by atoms with van der Waals surface area (Å²) in [5.74, 6) is -0.751. The normalized spacial score (nSPS) is 13.1. The molecule has 2 amide bonds. The average molecular weight is 550 g/mol. The third-order valence-corrected chi connectivity index (χ3v) is 6.05. The number of hydrogen-bond acceptors (Lipinski definition) is 9. The molecule has 12 heteroatoms. The maximum atomic E-state index is 12.7. The summed E-state index contributed by atoms with van der Waals surface area (Å²) in [5, 5.41) is 9.08. The zero-order valence-electron chi connectivity index (χ0n) is 21.7. The Morgan fingerprint density at radius 3 is 2.56 bits per heavy atom. The van der Waals surface area contributed by atoms with E-state index in [9.17, 15) is 14.4 Å². The van der Waals surface area contributed by atoms with Crippen LogP contribution < -0.4 is 20.7 Å². The van der Waals surface area contributed by atoms with Crippen LogP contribution in [0.15, 0.2) is 61.3 Å². The molecule has 11 nitrogen and oxygen atoms in total. The van der Waals surface area contributed by atoms with E-state index in [-0.39, 0.29) is 34.4 Å². The molecule has 3 N–H and O–H groups in total. The van der Waals surface area contributed by atoms with Gasteiger partial charge in [-0.2, -0.15) is 4.98 Å². The third kappa shape index (κ3) is 6.70. The van der Waals surface area contributed by atoms with Crippen LogP contribution >= 0.6 is 11.6 Å². The van der Waals surface area contributed by atoms with Gasteiger partial charge in [0.25, 0.3) is 11.7 Å². The van der Waals surface area contributed by atoms with Gasteiger partial charge in [-0.05, 0) is 43.5 Å². The van der Waals surface area contributed by atoms with Crippen molar-refractivity contribution in [2.75, 3.05) is 50.2 Å². The Kier molecular flexibility index (Phi) is 8.43. The molecule has 0 atom stereocenters. The Bertz CT molecular complexity index is 1420. The van der Waals surface area contributed by atoms with Crippen molar-refractivity contribution < 1.29 is 19.1 Å². The number of amides is 2. The number of para-hydroxylation sites is 1. The summed E-state index contributed by atoms with van der Waals surface area (Å²) < 4.78 is 6.03. The highest BCUT2D eigenvalue weighted by Crippen LogP contribution is 2.32. The molecule has 39 heavy (non-hydrogen) atoms. The Labute approximate surface area is 230 Å². The number of nitrogens with one attached hydrogen (secondary N) is 3. The molecule has 1 fully saturated rings. The number of Topliss-reactive ketones (excluding diaryl/α,β-unsaturated/α-hetero) is 1. The molecule has 202 valence electrons. The monoisotopic (exact) mass is 549 g/mol. The van der Waals surface area contributed by atoms with Crippen molar-refractivity contribution in [2.45, 2.75) is 6.10 Å². The number of nitrogens with zero attached hydrogens (tertiary/aromatic N) is 4. The SMILES string of the molecule is C=CC(=O)Nc1cc(Nc2ncc(Cl)c(Nc3ccccc3C(=O)C(=O)N(C)C)n2)ccc1OC1CN(C)C1. The van der Waals surface area contributed by atoms with Crippen molar-refractivity contribution in [3.63, 3.8) is 0 Å². The van der Waals surface area contributed by atoms with Crippen LogP contribution in [-0.4, -0.2) is 77.7 Å². The van der Waals surface area contributed by atoms with Crippen molar-refractivity contribution in [1.82, 2.24) is 19.8 Å². The molecule has 2 aromatic carbocycles. The number of rotatable bonds is 10. The highest BCUT2D eigenvalue weighted by atomic mass is 35.5. The number of aromatic nitrogens is 2. The van der Waals surface area contributed by atoms with Crippen molar-refractivity contribution >= 4 is 58.0 Å². The second kappa shape index (κ2) is 11.9. The number of benzene rings is 2. The Morgan fingerprint density at radius 2 is 1.87 bits per heavy atom. The number of ether oxygens (including phenoxy) is 1. The maximum Gasteiger partial charge on any atom is 0.294 e. The quantitative estimate of drug-likeness (QED) is 0.197. The standard InChI is InChI=1S/C27H28ClN7O4/c1-5-23(36)31-21-12-16(10-11-22(21)39-17-14-35(4)15-17)30-27-29-13-19(28)25(33-27)32-20-9-7-6-8-18(20)24(37)26(38)34(2)3/h5-13,17H,1,14-15H2,2-4H3,(H,31,36)(H2,29,30,32,33). The fourth-order valence-electron chi connectivity index (χ4n) is 3.77. The summed E-state index contributed by atoms with van der Waals surface area (Å²) in [6.45, 7) is 5.09. The fraction of sp³-hybridized carbons (Fsp3) is 0.222. The highest BCUT2D eigenvalue weighted by molar-refractivity contribution is 6.43. The van der Waals surface area contributed by atoms with Gasteiger partial charge in [-0.25, -0.2) is 4.98 Å². The molecule has 0 saturated carbocycles. The molecule has 1 aliphatic heterocycles. The molecule has 1 aromatic heterocycles. The average Bonchev–Trinajstić information content (AvgIpc) is 2.90. The predicted molar refractivity (Wildman–Crippen MR) is 150 cm³/mol. The number of anilines is 5. The largest absolute Gasteiger partial charge is 0.486 e. The van der Waals surface area contributed by atoms with Gasteiger partial charge in [0, 0.05) is 32.9 Å². The maximum absolute atomic E-state index is 12.7. The lowest BCUT2D eigenvalue weighted by Crippen LogP contribution is -2.51. The lowest BCUT2D eigenvalue weighted by atomic mass is 10.1. The van der Waals surface area contributed by atoms with E-state index in [1.54, 1.807) is 42.5 Å². The summed E-state index contributed by atoms with van der Waals surface area (Å²) in [4.78, 5) is 49.0. The van der Waals surface area contributed by atoms with Gasteiger partial charge < -0.3 is 25.6 Å². The molecule has 0 bridgehead atoms. The minimum atomic E-state index is -0.670. The number of carbonyl (C=O) groups excluding carboxylic acids is 3. The minimum absolute atomic E-state index is 0.0317. The van der Waals surface area contributed by atoms with Crippen LogP contribution in [0.25, 0.3) is 0 Å². The second-order valence-electron chi connectivity index (χ2n) is 9.08. The summed E-state index contributed by atoms with van der Waals surface area (Å²) >= 11 is 6.34. The molecule has 4 rings (SSSR count). The van der Waals surface area contributed by atoms with E-state index in [4.69, 9.17) is 16.3 Å². The first kappa shape index (κ1) is 27.6. The zero-order chi connectivity index (χ0) is 28.1. The van der Waals surface area contributed by atoms with Crippen LogP contribution in [0.5, 0.6) is 5.75 Å². The third-order valence-electron chi connectivity index (χ3n) is 5.77. The second-order valence-corrected chi connectivity index (χ2v) is 9.49. The summed E-state index contributed by atoms with van der Waals surface area (Å²) in [6.07, 6.45) is 2.61. The van der Waals surface area contributed by atoms with Crippen LogP contribution in [-0.2, 0) is 9.59 Å². The molecule has 0 spiro atoms. The smallest absolute Gasteiger partial charge is 0.294 e. The Morgan fingerprint density at radius 1 is 1.13 bits per heavy atom. The Balaban J connectivity index is 1.57. The first-order valence-electron chi connectivity index (χ1n) is 12.0. The van der Waals surface area contributed by atoms with E-state index in [0.717, 1.165) is 13.1 Å². The van der Waals surface area contributed by atoms with Crippen LogP contribution in [0.3, 0.4) is 0 Å². The van der Waals surface area contributed by atoms with Gasteiger partial charge >= 0.3 is 0 Å². The van der Waals surface area contributed by atoms with Crippen molar-refractivity contribution in [3.05, 3.63) is 71.9 Å². The number of likely N-dealkylation sites (N-methyl/N-ethyl adjacent to an activating group) is 2. The van der Waals surface area contributed by atoms with E-state index < -0.39 is 11.7 Å². The van der Waals surface area contributed by atoms with E-state index >= 15 is 0 Å². The molecular weight excluding hydrogens is 522 g/mol. The minimum Gasteiger partial charge on any atom is -0.486 e. The van der Waals surface area contributed by atoms with Gasteiger partial charge in [-0.3, -0.25) is 19.3 Å². The fourth-order valence-corrected chi connectivity index (χ4v) is 3.91. The summed E-state index contributed by atoms with van der Waals surface area (Å²) in [6, 6.07) is 11.8. The van der Waals surface area contributed by atoms with Gasteiger partial charge in [0.15, 0.2) is 5.82 Å². The number of likely N-dealkylation sites (tertiary alicyclic amines) is 1. The highest BCUT2D eigenvalue weighted by Gasteiger charge is 2.26. The number of halogens is 1. The summed E-state index contributed by atoms with van der Waals surface area (Å²) in [5.41, 5.74) is 1.58. The van der Waals surface area contributed by atoms with Gasteiger partial charge in [0.05, 0.1) is 23.1 Å². The van der Waals surface area contributed by atoms with Crippen molar-refractivity contribution in [3.8, 4) is 5.75 Å². The van der Waals surface area contributed by atoms with Crippen LogP contribution in [0, 0.1) is 0 Å². The first-order chi connectivity index (χ1) is 18.6. The zero-order valence-corrected chi connectivity index (χ0v) is 22.5. The molecule has 3 aromatic rings. The molecule has 1 aliphatic rings. The molecule has 2 heterocycles. The van der Waals surface area contributed by atoms with E-state index in [1.165, 1.54) is 31.3 Å². The first-order valence-corrected chi connectivity index (χ1v) is 12.4. The number of ketones is 1. The van der Waals surface area contributed by atoms with Crippen molar-refractivity contribution in [1.29, 1.82) is 0 Å². The predicted octanol–water partition coefficient (Wildman–Crippen LogP) is 3.71. The van der Waals surface area contributed by atoms with Crippen LogP contribution in [0.2, 0.25) is 5.02 Å². The van der Waals surface area contributed by atoms with E-state index in [0.29, 0.717) is 22.8 Å². The van der Waals surface area contributed by atoms with E-state index in [2.05, 4.69) is 37.4 Å². The van der Waals surface area contributed by atoms with Crippen molar-refractivity contribution in [2.24, 2.45) is 0 Å². The van der Waals surface area contributed by atoms with Gasteiger partial charge in [0.2, 0.25) is 11.9 Å². The molecule has 1 saturated heterocycles. The summed E-state index contributed by atoms with van der Waals surface area (Å²) in [7, 11) is 5.02. The lowest BCUT2D eigenvalue weighted by molar-refractivity contribution is -0.124. The van der Waals surface area contributed by atoms with E-state index in [1.807, 2.05) is 7.05 Å². The molecule has 0 aliphatic carbocycles. The number of hydrogen-bond donors (Lipinski definition) is 3. The molecular formula is C27H28ClN7O4. The van der Waals surface area contributed by atoms with Gasteiger partial charge in [0.1, 0.15) is 16.9 Å². The topological polar surface area (TPSA) is 129 Å². The van der Waals surface area contributed by atoms with Gasteiger partial charge in [-0.15, -0.1) is 0 Å². The Hall–Kier alpha value is -4.48. The molecule has 0 radical (unpaired) electrons. The van der Waals surface area contributed by atoms with Crippen LogP contribution in [0.4, 0.5) is 28.8 Å². The lowest BCUT2D eigenvalue weighted by Gasteiger charge is -2.36. The van der Waals surface area contributed by atoms with Crippen LogP contribution in [0.1, 0.15) is 10.4 Å². The number of carbonyl (C=O) groups is 3. The van der Waals surface area contributed by atoms with Gasteiger partial charge in [-0.1, -0.05) is 30.3 Å². The molecule has 0 unspecified atom stereocenters.